The highest BCUT2D eigenvalue weighted by Gasteiger charge is 2.13. The Morgan fingerprint density at radius 2 is 1.88 bits per heavy atom. The molecular weight excluding hydrogens is 337 g/mol. The number of rotatable bonds is 4. The fourth-order valence-corrected chi connectivity index (χ4v) is 1.95. The zero-order chi connectivity index (χ0) is 17.5. The van der Waals surface area contributed by atoms with E-state index in [1.807, 2.05) is 0 Å². The van der Waals surface area contributed by atoms with Crippen LogP contribution in [-0.2, 0) is 9.59 Å². The molecule has 6 nitrogen and oxygen atoms in total. The number of benzene rings is 2. The number of carbonyl (C=O) groups is 2. The SMILES string of the molecule is COc1ccc(NC(=O)C(=O)N/N=C\c2ccc(F)cc2)cc1Cl. The maximum atomic E-state index is 12.7. The van der Waals surface area contributed by atoms with Crippen LogP contribution in [0.3, 0.4) is 0 Å². The van der Waals surface area contributed by atoms with E-state index in [1.165, 1.54) is 49.7 Å². The first kappa shape index (κ1) is 17.4. The van der Waals surface area contributed by atoms with Crippen molar-refractivity contribution < 1.29 is 18.7 Å². The van der Waals surface area contributed by atoms with Gasteiger partial charge in [0.05, 0.1) is 18.3 Å². The van der Waals surface area contributed by atoms with Gasteiger partial charge in [-0.25, -0.2) is 9.82 Å². The lowest BCUT2D eigenvalue weighted by Gasteiger charge is -2.07. The summed E-state index contributed by atoms with van der Waals surface area (Å²) in [5.74, 6) is -1.80. The van der Waals surface area contributed by atoms with Crippen LogP contribution in [0.25, 0.3) is 0 Å². The van der Waals surface area contributed by atoms with Crippen molar-refractivity contribution in [1.82, 2.24) is 5.43 Å². The highest BCUT2D eigenvalue weighted by Crippen LogP contribution is 2.27. The minimum Gasteiger partial charge on any atom is -0.495 e. The first-order chi connectivity index (χ1) is 11.5. The minimum atomic E-state index is -0.958. The number of nitrogens with one attached hydrogen (secondary N) is 2. The third kappa shape index (κ3) is 4.79. The number of amides is 2. The Bertz CT molecular complexity index is 779. The predicted octanol–water partition coefficient (Wildman–Crippen LogP) is 2.58. The molecule has 0 bridgehead atoms. The van der Waals surface area contributed by atoms with Gasteiger partial charge in [0.15, 0.2) is 0 Å². The Balaban J connectivity index is 1.91. The molecule has 0 saturated carbocycles. The molecule has 24 heavy (non-hydrogen) atoms. The standard InChI is InChI=1S/C16H13ClFN3O3/c1-24-14-7-6-12(8-13(14)17)20-15(22)16(23)21-19-9-10-2-4-11(18)5-3-10/h2-9H,1H3,(H,20,22)(H,21,23)/b19-9-. The van der Waals surface area contributed by atoms with Crippen LogP contribution < -0.4 is 15.5 Å². The van der Waals surface area contributed by atoms with Gasteiger partial charge in [0.2, 0.25) is 0 Å². The van der Waals surface area contributed by atoms with E-state index in [0.29, 0.717) is 22.0 Å². The zero-order valence-electron chi connectivity index (χ0n) is 12.5. The molecule has 124 valence electrons. The minimum absolute atomic E-state index is 0.296. The van der Waals surface area contributed by atoms with Crippen molar-refractivity contribution in [1.29, 1.82) is 0 Å². The largest absolute Gasteiger partial charge is 0.495 e. The van der Waals surface area contributed by atoms with E-state index in [-0.39, 0.29) is 5.82 Å². The molecule has 0 spiro atoms. The van der Waals surface area contributed by atoms with Gasteiger partial charge >= 0.3 is 11.8 Å². The number of anilines is 1. The maximum Gasteiger partial charge on any atom is 0.329 e. The van der Waals surface area contributed by atoms with Gasteiger partial charge in [-0.15, -0.1) is 0 Å². The summed E-state index contributed by atoms with van der Waals surface area (Å²) in [6.07, 6.45) is 1.29. The Labute approximate surface area is 142 Å². The average Bonchev–Trinajstić information content (AvgIpc) is 2.56. The van der Waals surface area contributed by atoms with Crippen LogP contribution in [0, 0.1) is 5.82 Å². The van der Waals surface area contributed by atoms with Crippen molar-refractivity contribution >= 4 is 35.3 Å². The van der Waals surface area contributed by atoms with Crippen LogP contribution in [0.1, 0.15) is 5.56 Å². The Hall–Kier alpha value is -2.93. The second kappa shape index (κ2) is 8.07. The molecule has 2 amide bonds. The van der Waals surface area contributed by atoms with Crippen LogP contribution in [0.5, 0.6) is 5.75 Å². The van der Waals surface area contributed by atoms with Crippen LogP contribution in [-0.4, -0.2) is 25.1 Å². The van der Waals surface area contributed by atoms with Gasteiger partial charge in [0.1, 0.15) is 11.6 Å². The number of methoxy groups -OCH3 is 1. The number of halogens is 2. The van der Waals surface area contributed by atoms with Gasteiger partial charge < -0.3 is 10.1 Å². The van der Waals surface area contributed by atoms with Gasteiger partial charge in [-0.1, -0.05) is 23.7 Å². The highest BCUT2D eigenvalue weighted by atomic mass is 35.5. The number of ether oxygens (including phenoxy) is 1. The molecule has 0 fully saturated rings. The fraction of sp³-hybridized carbons (Fsp3) is 0.0625. The van der Waals surface area contributed by atoms with Crippen LogP contribution in [0.15, 0.2) is 47.6 Å². The third-order valence-corrected chi connectivity index (χ3v) is 3.16. The van der Waals surface area contributed by atoms with Crippen molar-refractivity contribution in [2.24, 2.45) is 5.10 Å². The molecule has 0 atom stereocenters. The molecule has 2 rings (SSSR count). The lowest BCUT2D eigenvalue weighted by Crippen LogP contribution is -2.32. The third-order valence-electron chi connectivity index (χ3n) is 2.87. The van der Waals surface area contributed by atoms with Crippen molar-refractivity contribution in [3.05, 3.63) is 58.9 Å². The van der Waals surface area contributed by atoms with E-state index in [0.717, 1.165) is 0 Å². The Kier molecular flexibility index (Phi) is 5.86. The summed E-state index contributed by atoms with van der Waals surface area (Å²) < 4.78 is 17.7. The van der Waals surface area contributed by atoms with Crippen molar-refractivity contribution in [3.8, 4) is 5.75 Å². The van der Waals surface area contributed by atoms with E-state index in [9.17, 15) is 14.0 Å². The van der Waals surface area contributed by atoms with Gasteiger partial charge in [0.25, 0.3) is 0 Å². The van der Waals surface area contributed by atoms with E-state index >= 15 is 0 Å². The molecule has 0 unspecified atom stereocenters. The van der Waals surface area contributed by atoms with Gasteiger partial charge in [-0.05, 0) is 35.9 Å². The molecule has 0 aliphatic heterocycles. The first-order valence-corrected chi connectivity index (χ1v) is 7.11. The molecule has 2 aromatic rings. The number of hydrogen-bond acceptors (Lipinski definition) is 4. The van der Waals surface area contributed by atoms with Crippen molar-refractivity contribution in [3.63, 3.8) is 0 Å². The number of hydrogen-bond donors (Lipinski definition) is 2. The number of carbonyl (C=O) groups excluding carboxylic acids is 2. The molecule has 2 N–H and O–H groups in total. The molecule has 0 aromatic heterocycles. The number of nitrogens with zero attached hydrogens (tertiary/aromatic N) is 1. The normalized spacial score (nSPS) is 10.5. The van der Waals surface area contributed by atoms with Crippen LogP contribution in [0.4, 0.5) is 10.1 Å². The summed E-state index contributed by atoms with van der Waals surface area (Å²) >= 11 is 5.93. The highest BCUT2D eigenvalue weighted by molar-refractivity contribution is 6.40. The average molecular weight is 350 g/mol. The lowest BCUT2D eigenvalue weighted by atomic mass is 10.2. The summed E-state index contributed by atoms with van der Waals surface area (Å²) in [6.45, 7) is 0. The number of hydrazone groups is 1. The molecule has 0 aliphatic carbocycles. The molecule has 0 saturated heterocycles. The predicted molar refractivity (Wildman–Crippen MR) is 88.8 cm³/mol. The summed E-state index contributed by atoms with van der Waals surface area (Å²) in [5, 5.41) is 6.30. The molecule has 0 aliphatic rings. The molecule has 0 radical (unpaired) electrons. The summed E-state index contributed by atoms with van der Waals surface area (Å²) in [4.78, 5) is 23.4. The van der Waals surface area contributed by atoms with Gasteiger partial charge in [-0.3, -0.25) is 9.59 Å². The van der Waals surface area contributed by atoms with Crippen molar-refractivity contribution in [2.45, 2.75) is 0 Å². The van der Waals surface area contributed by atoms with Gasteiger partial charge in [-0.2, -0.15) is 5.10 Å². The topological polar surface area (TPSA) is 79.8 Å². The summed E-state index contributed by atoms with van der Waals surface area (Å²) in [5.41, 5.74) is 2.98. The van der Waals surface area contributed by atoms with E-state index in [4.69, 9.17) is 16.3 Å². The summed E-state index contributed by atoms with van der Waals surface area (Å²) in [6, 6.07) is 10.0. The summed E-state index contributed by atoms with van der Waals surface area (Å²) in [7, 11) is 1.46. The van der Waals surface area contributed by atoms with E-state index < -0.39 is 11.8 Å². The molecular formula is C16H13ClFN3O3. The first-order valence-electron chi connectivity index (χ1n) is 6.73. The second-order valence-corrected chi connectivity index (χ2v) is 4.96. The quantitative estimate of drug-likeness (QED) is 0.506. The van der Waals surface area contributed by atoms with Gasteiger partial charge in [0, 0.05) is 5.69 Å². The molecule has 0 heterocycles. The van der Waals surface area contributed by atoms with Crippen LogP contribution >= 0.6 is 11.6 Å². The van der Waals surface area contributed by atoms with Crippen molar-refractivity contribution in [2.75, 3.05) is 12.4 Å². The zero-order valence-corrected chi connectivity index (χ0v) is 13.3. The fourth-order valence-electron chi connectivity index (χ4n) is 1.70. The maximum absolute atomic E-state index is 12.7. The molecule has 8 heteroatoms. The van der Waals surface area contributed by atoms with E-state index in [1.54, 1.807) is 6.07 Å². The monoisotopic (exact) mass is 349 g/mol. The lowest BCUT2D eigenvalue weighted by molar-refractivity contribution is -0.136. The van der Waals surface area contributed by atoms with E-state index in [2.05, 4.69) is 15.8 Å². The molecule has 2 aromatic carbocycles. The smallest absolute Gasteiger partial charge is 0.329 e. The Morgan fingerprint density at radius 1 is 1.17 bits per heavy atom. The second-order valence-electron chi connectivity index (χ2n) is 4.55. The Morgan fingerprint density at radius 3 is 2.50 bits per heavy atom. The van der Waals surface area contributed by atoms with Crippen LogP contribution in [0.2, 0.25) is 5.02 Å².